The SMILES string of the molecule is CNC(CC1CCCc2ccccc21)c1ccc(Cl)cn1. The third-order valence-corrected chi connectivity index (χ3v) is 4.69. The summed E-state index contributed by atoms with van der Waals surface area (Å²) in [5.74, 6) is 0.616. The third kappa shape index (κ3) is 3.28. The fourth-order valence-electron chi connectivity index (χ4n) is 3.36. The van der Waals surface area contributed by atoms with Crippen LogP contribution in [0.1, 0.15) is 48.0 Å². The molecule has 1 N–H and O–H groups in total. The predicted molar refractivity (Wildman–Crippen MR) is 87.8 cm³/mol. The lowest BCUT2D eigenvalue weighted by molar-refractivity contribution is 0.434. The van der Waals surface area contributed by atoms with Crippen molar-refractivity contribution in [2.75, 3.05) is 7.05 Å². The van der Waals surface area contributed by atoms with Gasteiger partial charge >= 0.3 is 0 Å². The Hall–Kier alpha value is -1.38. The number of halogens is 1. The number of nitrogens with one attached hydrogen (secondary N) is 1. The van der Waals surface area contributed by atoms with E-state index in [1.54, 1.807) is 6.20 Å². The van der Waals surface area contributed by atoms with Gasteiger partial charge in [-0.15, -0.1) is 0 Å². The Kier molecular flexibility index (Phi) is 4.57. The van der Waals surface area contributed by atoms with E-state index in [4.69, 9.17) is 11.6 Å². The predicted octanol–water partition coefficient (Wildman–Crippen LogP) is 4.51. The minimum atomic E-state index is 0.276. The van der Waals surface area contributed by atoms with Crippen molar-refractivity contribution in [3.05, 3.63) is 64.4 Å². The van der Waals surface area contributed by atoms with Crippen LogP contribution >= 0.6 is 11.6 Å². The molecule has 0 bridgehead atoms. The first-order valence-electron chi connectivity index (χ1n) is 7.64. The summed E-state index contributed by atoms with van der Waals surface area (Å²) >= 11 is 5.94. The number of nitrogens with zero attached hydrogens (tertiary/aromatic N) is 1. The summed E-state index contributed by atoms with van der Waals surface area (Å²) in [5, 5.41) is 4.10. The second-order valence-electron chi connectivity index (χ2n) is 5.77. The van der Waals surface area contributed by atoms with Gasteiger partial charge in [0, 0.05) is 12.2 Å². The zero-order valence-electron chi connectivity index (χ0n) is 12.3. The van der Waals surface area contributed by atoms with Crippen molar-refractivity contribution in [2.45, 2.75) is 37.6 Å². The minimum absolute atomic E-state index is 0.276. The van der Waals surface area contributed by atoms with Crippen molar-refractivity contribution in [3.8, 4) is 0 Å². The number of rotatable bonds is 4. The molecule has 0 amide bonds. The van der Waals surface area contributed by atoms with Gasteiger partial charge in [-0.3, -0.25) is 4.98 Å². The molecule has 3 rings (SSSR count). The maximum atomic E-state index is 5.94. The van der Waals surface area contributed by atoms with E-state index < -0.39 is 0 Å². The molecule has 1 aliphatic carbocycles. The number of pyridine rings is 1. The number of aryl methyl sites for hydroxylation is 1. The molecule has 0 spiro atoms. The van der Waals surface area contributed by atoms with Crippen LogP contribution in [0, 0.1) is 0 Å². The van der Waals surface area contributed by atoms with Crippen LogP contribution in [-0.2, 0) is 6.42 Å². The Morgan fingerprint density at radius 1 is 1.29 bits per heavy atom. The zero-order chi connectivity index (χ0) is 14.7. The van der Waals surface area contributed by atoms with Gasteiger partial charge in [-0.1, -0.05) is 35.9 Å². The van der Waals surface area contributed by atoms with Gasteiger partial charge in [-0.2, -0.15) is 0 Å². The molecule has 0 fully saturated rings. The van der Waals surface area contributed by atoms with E-state index in [1.165, 1.54) is 30.4 Å². The summed E-state index contributed by atoms with van der Waals surface area (Å²) in [4.78, 5) is 4.48. The highest BCUT2D eigenvalue weighted by molar-refractivity contribution is 6.30. The number of hydrogen-bond donors (Lipinski definition) is 1. The van der Waals surface area contributed by atoms with Crippen molar-refractivity contribution in [1.29, 1.82) is 0 Å². The van der Waals surface area contributed by atoms with Gasteiger partial charge in [-0.05, 0) is 61.9 Å². The number of aromatic nitrogens is 1. The molecule has 21 heavy (non-hydrogen) atoms. The lowest BCUT2D eigenvalue weighted by Crippen LogP contribution is -2.22. The number of hydrogen-bond acceptors (Lipinski definition) is 2. The molecule has 2 nitrogen and oxygen atoms in total. The number of fused-ring (bicyclic) bond motifs is 1. The topological polar surface area (TPSA) is 24.9 Å². The number of benzene rings is 1. The van der Waals surface area contributed by atoms with Crippen LogP contribution in [0.15, 0.2) is 42.6 Å². The van der Waals surface area contributed by atoms with E-state index in [9.17, 15) is 0 Å². The molecule has 0 saturated carbocycles. The minimum Gasteiger partial charge on any atom is -0.312 e. The first-order valence-corrected chi connectivity index (χ1v) is 8.02. The molecule has 1 aromatic heterocycles. The fourth-order valence-corrected chi connectivity index (χ4v) is 3.48. The average molecular weight is 301 g/mol. The van der Waals surface area contributed by atoms with E-state index in [0.29, 0.717) is 10.9 Å². The van der Waals surface area contributed by atoms with Crippen LogP contribution in [-0.4, -0.2) is 12.0 Å². The second-order valence-corrected chi connectivity index (χ2v) is 6.20. The van der Waals surface area contributed by atoms with Crippen molar-refractivity contribution >= 4 is 11.6 Å². The summed E-state index contributed by atoms with van der Waals surface area (Å²) in [5.41, 5.74) is 4.12. The molecule has 1 aromatic carbocycles. The van der Waals surface area contributed by atoms with Crippen LogP contribution in [0.25, 0.3) is 0 Å². The van der Waals surface area contributed by atoms with E-state index in [1.807, 2.05) is 19.2 Å². The molecule has 2 unspecified atom stereocenters. The summed E-state index contributed by atoms with van der Waals surface area (Å²) in [6.07, 6.45) is 6.59. The molecule has 2 atom stereocenters. The second kappa shape index (κ2) is 6.59. The summed E-state index contributed by atoms with van der Waals surface area (Å²) in [6.45, 7) is 0. The third-order valence-electron chi connectivity index (χ3n) is 4.47. The van der Waals surface area contributed by atoms with Crippen LogP contribution in [0.4, 0.5) is 0 Å². The van der Waals surface area contributed by atoms with Crippen LogP contribution in [0.3, 0.4) is 0 Å². The van der Waals surface area contributed by atoms with Gasteiger partial charge in [-0.25, -0.2) is 0 Å². The van der Waals surface area contributed by atoms with Gasteiger partial charge in [0.2, 0.25) is 0 Å². The first-order chi connectivity index (χ1) is 10.3. The molecule has 0 aliphatic heterocycles. The molecular formula is C18H21ClN2. The molecule has 1 aliphatic rings. The smallest absolute Gasteiger partial charge is 0.0589 e. The highest BCUT2D eigenvalue weighted by atomic mass is 35.5. The molecule has 110 valence electrons. The monoisotopic (exact) mass is 300 g/mol. The average Bonchev–Trinajstić information content (AvgIpc) is 2.54. The molecule has 1 heterocycles. The van der Waals surface area contributed by atoms with Gasteiger partial charge in [0.15, 0.2) is 0 Å². The summed E-state index contributed by atoms with van der Waals surface area (Å²) in [7, 11) is 2.01. The highest BCUT2D eigenvalue weighted by Crippen LogP contribution is 2.37. The van der Waals surface area contributed by atoms with Gasteiger partial charge in [0.25, 0.3) is 0 Å². The van der Waals surface area contributed by atoms with Crippen molar-refractivity contribution < 1.29 is 0 Å². The van der Waals surface area contributed by atoms with Crippen molar-refractivity contribution in [3.63, 3.8) is 0 Å². The van der Waals surface area contributed by atoms with E-state index >= 15 is 0 Å². The lowest BCUT2D eigenvalue weighted by Gasteiger charge is -2.28. The fraction of sp³-hybridized carbons (Fsp3) is 0.389. The Morgan fingerprint density at radius 3 is 2.90 bits per heavy atom. The summed E-state index contributed by atoms with van der Waals surface area (Å²) in [6, 6.07) is 13.1. The maximum Gasteiger partial charge on any atom is 0.0589 e. The van der Waals surface area contributed by atoms with Crippen molar-refractivity contribution in [1.82, 2.24) is 10.3 Å². The quantitative estimate of drug-likeness (QED) is 0.899. The van der Waals surface area contributed by atoms with Crippen LogP contribution < -0.4 is 5.32 Å². The first kappa shape index (κ1) is 14.6. The molecule has 3 heteroatoms. The van der Waals surface area contributed by atoms with E-state index in [0.717, 1.165) is 12.1 Å². The molecule has 0 saturated heterocycles. The van der Waals surface area contributed by atoms with Crippen LogP contribution in [0.5, 0.6) is 0 Å². The highest BCUT2D eigenvalue weighted by Gasteiger charge is 2.23. The van der Waals surface area contributed by atoms with Crippen molar-refractivity contribution in [2.24, 2.45) is 0 Å². The standard InChI is InChI=1S/C18H21ClN2/c1-20-18(17-10-9-15(19)12-21-17)11-14-7-4-6-13-5-2-3-8-16(13)14/h2-3,5,8-10,12,14,18,20H,4,6-7,11H2,1H3. The maximum absolute atomic E-state index is 5.94. The largest absolute Gasteiger partial charge is 0.312 e. The van der Waals surface area contributed by atoms with E-state index in [2.05, 4.69) is 34.6 Å². The Labute approximate surface area is 131 Å². The van der Waals surface area contributed by atoms with E-state index in [-0.39, 0.29) is 6.04 Å². The van der Waals surface area contributed by atoms with Gasteiger partial charge in [0.05, 0.1) is 10.7 Å². The Balaban J connectivity index is 1.80. The molecule has 2 aromatic rings. The summed E-state index contributed by atoms with van der Waals surface area (Å²) < 4.78 is 0. The zero-order valence-corrected chi connectivity index (χ0v) is 13.1. The van der Waals surface area contributed by atoms with Crippen LogP contribution in [0.2, 0.25) is 5.02 Å². The Bertz CT molecular complexity index is 594. The van der Waals surface area contributed by atoms with Gasteiger partial charge in [0.1, 0.15) is 0 Å². The molecule has 0 radical (unpaired) electrons. The molecular weight excluding hydrogens is 280 g/mol. The lowest BCUT2D eigenvalue weighted by atomic mass is 9.79. The normalized spacial score (nSPS) is 19.0. The Morgan fingerprint density at radius 2 is 2.14 bits per heavy atom. The van der Waals surface area contributed by atoms with Gasteiger partial charge < -0.3 is 5.32 Å².